The Morgan fingerprint density at radius 2 is 1.72 bits per heavy atom. The number of rotatable bonds is 6. The average Bonchev–Trinajstić information content (AvgIpc) is 3.03. The van der Waals surface area contributed by atoms with Crippen molar-refractivity contribution in [2.75, 3.05) is 13.7 Å². The summed E-state index contributed by atoms with van der Waals surface area (Å²) >= 11 is 0. The summed E-state index contributed by atoms with van der Waals surface area (Å²) in [6, 6.07) is 4.88. The van der Waals surface area contributed by atoms with E-state index in [-0.39, 0.29) is 40.4 Å². The Labute approximate surface area is 280 Å². The first-order chi connectivity index (χ1) is 22.1. The lowest BCUT2D eigenvalue weighted by Gasteiger charge is -2.71. The van der Waals surface area contributed by atoms with Gasteiger partial charge in [0.15, 0.2) is 11.5 Å². The van der Waals surface area contributed by atoms with Crippen molar-refractivity contribution >= 4 is 18.0 Å². The number of ether oxygens (including phenoxy) is 2. The summed E-state index contributed by atoms with van der Waals surface area (Å²) in [5, 5.41) is 32.1. The van der Waals surface area contributed by atoms with Crippen molar-refractivity contribution in [1.29, 1.82) is 0 Å². The quantitative estimate of drug-likeness (QED) is 0.163. The minimum Gasteiger partial charge on any atom is -0.504 e. The molecule has 4 saturated carbocycles. The van der Waals surface area contributed by atoms with Crippen molar-refractivity contribution in [3.8, 4) is 11.5 Å². The molecule has 6 rings (SSSR count). The minimum absolute atomic E-state index is 0.0151. The summed E-state index contributed by atoms with van der Waals surface area (Å²) in [5.74, 6) is 0.811. The number of hydrogen-bond donors (Lipinski definition) is 3. The molecule has 1 aromatic carbocycles. The molecule has 47 heavy (non-hydrogen) atoms. The van der Waals surface area contributed by atoms with Gasteiger partial charge < -0.3 is 24.8 Å². The van der Waals surface area contributed by atoms with Crippen molar-refractivity contribution in [3.63, 3.8) is 0 Å². The third kappa shape index (κ3) is 4.91. The Morgan fingerprint density at radius 3 is 2.43 bits per heavy atom. The number of methoxy groups -OCH3 is 1. The van der Waals surface area contributed by atoms with Gasteiger partial charge in [-0.05, 0) is 127 Å². The van der Waals surface area contributed by atoms with E-state index >= 15 is 0 Å². The number of aliphatic hydroxyl groups is 1. The maximum absolute atomic E-state index is 13.0. The van der Waals surface area contributed by atoms with E-state index in [0.29, 0.717) is 35.5 Å². The number of aliphatic carboxylic acids is 1. The number of carbonyl (C=O) groups excluding carboxylic acids is 1. The van der Waals surface area contributed by atoms with Crippen LogP contribution in [-0.4, -0.2) is 47.1 Å². The Balaban J connectivity index is 1.26. The van der Waals surface area contributed by atoms with Crippen molar-refractivity contribution in [2.24, 2.45) is 56.7 Å². The summed E-state index contributed by atoms with van der Waals surface area (Å²) < 4.78 is 11.1. The van der Waals surface area contributed by atoms with Crippen LogP contribution in [0.5, 0.6) is 11.5 Å². The molecule has 0 heterocycles. The minimum atomic E-state index is -0.651. The number of carbonyl (C=O) groups is 2. The van der Waals surface area contributed by atoms with E-state index in [4.69, 9.17) is 9.47 Å². The summed E-state index contributed by atoms with van der Waals surface area (Å²) in [5.41, 5.74) is 0.796. The van der Waals surface area contributed by atoms with Gasteiger partial charge in [0, 0.05) is 11.5 Å². The smallest absolute Gasteiger partial charge is 0.330 e. The topological polar surface area (TPSA) is 113 Å². The highest BCUT2D eigenvalue weighted by atomic mass is 16.5. The molecule has 0 radical (unpaired) electrons. The summed E-state index contributed by atoms with van der Waals surface area (Å²) in [6.07, 6.45) is 12.9. The number of carboxylic acids is 1. The van der Waals surface area contributed by atoms with E-state index < -0.39 is 28.9 Å². The highest BCUT2D eigenvalue weighted by Crippen LogP contribution is 2.75. The van der Waals surface area contributed by atoms with Gasteiger partial charge in [-0.3, -0.25) is 4.79 Å². The third-order valence-corrected chi connectivity index (χ3v) is 15.3. The average molecular weight is 649 g/mol. The molecule has 5 aliphatic rings. The maximum Gasteiger partial charge on any atom is 0.330 e. The number of esters is 1. The standard InChI is InChI=1S/C40H56O7/c1-24-14-19-40(35(44)45)21-20-38(5)27(34(40)25(24)2)10-12-31-36(3)17-16-32(42)37(4,30(36)15-18-39(31,38)6)23-47-33(43)13-9-26-8-11-28(41)29(22-26)46-7/h8-11,13,22,24-25,30-32,34,41-42H,12,14-21,23H2,1-7H3,(H,44,45)/t24-,25+,30-,31-,32+,34+,36+,37-,38-,39-,40+/m1/s1. The Kier molecular flexibility index (Phi) is 8.46. The van der Waals surface area contributed by atoms with Gasteiger partial charge in [0.2, 0.25) is 0 Å². The Hall–Kier alpha value is -2.80. The first-order valence-electron chi connectivity index (χ1n) is 17.9. The van der Waals surface area contributed by atoms with Gasteiger partial charge in [-0.2, -0.15) is 0 Å². The maximum atomic E-state index is 13.0. The van der Waals surface area contributed by atoms with E-state index in [1.54, 1.807) is 18.2 Å². The van der Waals surface area contributed by atoms with Crippen molar-refractivity contribution in [1.82, 2.24) is 0 Å². The molecule has 0 amide bonds. The van der Waals surface area contributed by atoms with Crippen molar-refractivity contribution in [2.45, 2.75) is 105 Å². The van der Waals surface area contributed by atoms with Gasteiger partial charge in [0.05, 0.1) is 25.2 Å². The van der Waals surface area contributed by atoms with E-state index in [1.165, 1.54) is 24.8 Å². The van der Waals surface area contributed by atoms with Crippen LogP contribution in [0.3, 0.4) is 0 Å². The molecule has 0 aliphatic heterocycles. The van der Waals surface area contributed by atoms with E-state index in [9.17, 15) is 24.9 Å². The van der Waals surface area contributed by atoms with Crippen LogP contribution in [0.15, 0.2) is 35.9 Å². The fraction of sp³-hybridized carbons (Fsp3) is 0.700. The monoisotopic (exact) mass is 648 g/mol. The first kappa shape index (κ1) is 34.1. The van der Waals surface area contributed by atoms with Crippen LogP contribution in [0.2, 0.25) is 0 Å². The molecule has 0 bridgehead atoms. The fourth-order valence-electron chi connectivity index (χ4n) is 12.1. The number of aromatic hydroxyl groups is 1. The third-order valence-electron chi connectivity index (χ3n) is 15.3. The summed E-state index contributed by atoms with van der Waals surface area (Å²) in [7, 11) is 1.48. The second-order valence-electron chi connectivity index (χ2n) is 17.0. The lowest BCUT2D eigenvalue weighted by Crippen LogP contribution is -2.66. The van der Waals surface area contributed by atoms with Gasteiger partial charge in [-0.15, -0.1) is 0 Å². The van der Waals surface area contributed by atoms with Crippen LogP contribution >= 0.6 is 0 Å². The molecule has 5 aliphatic carbocycles. The number of allylic oxidation sites excluding steroid dienone is 2. The number of phenols is 1. The van der Waals surface area contributed by atoms with Crippen LogP contribution in [0, 0.1) is 56.7 Å². The van der Waals surface area contributed by atoms with Gasteiger partial charge in [-0.1, -0.05) is 59.3 Å². The second kappa shape index (κ2) is 11.7. The molecule has 0 saturated heterocycles. The lowest BCUT2D eigenvalue weighted by atomic mass is 9.33. The van der Waals surface area contributed by atoms with Gasteiger partial charge in [0.1, 0.15) is 0 Å². The molecular formula is C40H56O7. The molecular weight excluding hydrogens is 592 g/mol. The number of carboxylic acid groups (broad SMARTS) is 1. The number of aliphatic hydroxyl groups excluding tert-OH is 1. The van der Waals surface area contributed by atoms with Crippen molar-refractivity contribution in [3.05, 3.63) is 41.5 Å². The zero-order valence-corrected chi connectivity index (χ0v) is 29.5. The molecule has 1 aromatic rings. The first-order valence-corrected chi connectivity index (χ1v) is 17.9. The normalized spacial score (nSPS) is 44.3. The molecule has 4 fully saturated rings. The molecule has 0 aromatic heterocycles. The number of hydrogen-bond acceptors (Lipinski definition) is 6. The van der Waals surface area contributed by atoms with Crippen LogP contribution in [-0.2, 0) is 14.3 Å². The SMILES string of the molecule is COc1cc(C=CC(=O)OC[C@]2(C)[C@@H]3CC[C@]4(C)[C@H](CC=C5[C@@H]6[C@@H](C)[C@H](C)CC[C@]6(C(=O)O)CC[C@]54C)[C@@]3(C)CC[C@@H]2O)ccc1O. The molecule has 7 heteroatoms. The van der Waals surface area contributed by atoms with E-state index in [1.807, 2.05) is 0 Å². The van der Waals surface area contributed by atoms with E-state index in [2.05, 4.69) is 47.6 Å². The molecule has 7 nitrogen and oxygen atoms in total. The zero-order valence-electron chi connectivity index (χ0n) is 29.5. The number of benzene rings is 1. The van der Waals surface area contributed by atoms with Crippen LogP contribution in [0.25, 0.3) is 6.08 Å². The summed E-state index contributed by atoms with van der Waals surface area (Å²) in [4.78, 5) is 26.0. The highest BCUT2D eigenvalue weighted by molar-refractivity contribution is 5.87. The number of phenolic OH excluding ortho intramolecular Hbond substituents is 1. The van der Waals surface area contributed by atoms with Gasteiger partial charge in [-0.25, -0.2) is 4.79 Å². The lowest BCUT2D eigenvalue weighted by molar-refractivity contribution is -0.220. The van der Waals surface area contributed by atoms with Crippen LogP contribution in [0.4, 0.5) is 0 Å². The largest absolute Gasteiger partial charge is 0.504 e. The summed E-state index contributed by atoms with van der Waals surface area (Å²) in [6.45, 7) is 14.3. The predicted molar refractivity (Wildman–Crippen MR) is 182 cm³/mol. The predicted octanol–water partition coefficient (Wildman–Crippen LogP) is 8.04. The second-order valence-corrected chi connectivity index (χ2v) is 17.0. The van der Waals surface area contributed by atoms with Crippen LogP contribution in [0.1, 0.15) is 105 Å². The zero-order chi connectivity index (χ0) is 34.2. The Morgan fingerprint density at radius 1 is 0.979 bits per heavy atom. The molecule has 258 valence electrons. The molecule has 0 spiro atoms. The van der Waals surface area contributed by atoms with Crippen molar-refractivity contribution < 1.29 is 34.4 Å². The molecule has 3 N–H and O–H groups in total. The Bertz CT molecular complexity index is 1480. The molecule has 11 atom stereocenters. The van der Waals surface area contributed by atoms with E-state index in [0.717, 1.165) is 51.4 Å². The number of fused-ring (bicyclic) bond motifs is 7. The fourth-order valence-corrected chi connectivity index (χ4v) is 12.1. The van der Waals surface area contributed by atoms with Crippen LogP contribution < -0.4 is 4.74 Å². The highest BCUT2D eigenvalue weighted by Gasteiger charge is 2.70. The molecule has 0 unspecified atom stereocenters. The van der Waals surface area contributed by atoms with Gasteiger partial charge >= 0.3 is 11.9 Å². The van der Waals surface area contributed by atoms with Gasteiger partial charge in [0.25, 0.3) is 0 Å².